The molecular weight excluding hydrogens is 330 g/mol. The van der Waals surface area contributed by atoms with E-state index in [9.17, 15) is 4.79 Å². The molecule has 0 aromatic heterocycles. The number of nitrogens with zero attached hydrogens (tertiary/aromatic N) is 1. The fourth-order valence-electron chi connectivity index (χ4n) is 2.65. The Morgan fingerprint density at radius 1 is 0.923 bits per heavy atom. The molecule has 2 aromatic carbocycles. The molecule has 140 valence electrons. The fraction of sp³-hybridized carbons (Fsp3) is 0.381. The molecule has 5 nitrogen and oxygen atoms in total. The third-order valence-electron chi connectivity index (χ3n) is 4.11. The van der Waals surface area contributed by atoms with Crippen molar-refractivity contribution in [2.45, 2.75) is 27.4 Å². The molecule has 0 fully saturated rings. The van der Waals surface area contributed by atoms with Crippen molar-refractivity contribution in [1.29, 1.82) is 0 Å². The van der Waals surface area contributed by atoms with Crippen LogP contribution in [0.5, 0.6) is 17.2 Å². The molecule has 0 saturated carbocycles. The van der Waals surface area contributed by atoms with E-state index in [0.29, 0.717) is 31.9 Å². The number of carbonyl (C=O) groups is 1. The Morgan fingerprint density at radius 2 is 1.58 bits per heavy atom. The highest BCUT2D eigenvalue weighted by Gasteiger charge is 2.15. The van der Waals surface area contributed by atoms with Crippen LogP contribution in [0.15, 0.2) is 42.5 Å². The quantitative estimate of drug-likeness (QED) is 0.676. The first-order valence-corrected chi connectivity index (χ1v) is 8.94. The van der Waals surface area contributed by atoms with Gasteiger partial charge in [-0.3, -0.25) is 4.79 Å². The second-order valence-electron chi connectivity index (χ2n) is 5.70. The summed E-state index contributed by atoms with van der Waals surface area (Å²) in [6, 6.07) is 12.9. The standard InChI is InChI=1S/C21H27NO4/c1-5-22(6-2)21(23)16-8-13-20(25-7-3)17(14-16)15-26-19-11-9-18(24-4)10-12-19/h8-14H,5-7,15H2,1-4H3. The Kier molecular flexibility index (Phi) is 7.33. The SMILES string of the molecule is CCOc1ccc(C(=O)N(CC)CC)cc1COc1ccc(OC)cc1. The van der Waals surface area contributed by atoms with E-state index in [1.54, 1.807) is 12.0 Å². The molecule has 0 aliphatic carbocycles. The summed E-state index contributed by atoms with van der Waals surface area (Å²) in [4.78, 5) is 14.4. The highest BCUT2D eigenvalue weighted by Crippen LogP contribution is 2.24. The first kappa shape index (κ1) is 19.6. The number of carbonyl (C=O) groups excluding carboxylic acids is 1. The molecule has 0 saturated heterocycles. The normalized spacial score (nSPS) is 10.3. The second kappa shape index (κ2) is 9.70. The minimum atomic E-state index is 0.0174. The van der Waals surface area contributed by atoms with Crippen molar-refractivity contribution in [2.75, 3.05) is 26.8 Å². The van der Waals surface area contributed by atoms with Gasteiger partial charge in [0.2, 0.25) is 0 Å². The van der Waals surface area contributed by atoms with Gasteiger partial charge in [0.05, 0.1) is 13.7 Å². The number of hydrogen-bond donors (Lipinski definition) is 0. The Hall–Kier alpha value is -2.69. The molecule has 0 aliphatic rings. The van der Waals surface area contributed by atoms with Crippen molar-refractivity contribution in [2.24, 2.45) is 0 Å². The van der Waals surface area contributed by atoms with E-state index in [4.69, 9.17) is 14.2 Å². The van der Waals surface area contributed by atoms with Gasteiger partial charge in [-0.1, -0.05) is 0 Å². The smallest absolute Gasteiger partial charge is 0.253 e. The topological polar surface area (TPSA) is 48.0 Å². The zero-order valence-corrected chi connectivity index (χ0v) is 16.0. The van der Waals surface area contributed by atoms with Crippen LogP contribution < -0.4 is 14.2 Å². The van der Waals surface area contributed by atoms with Crippen LogP contribution in [0.3, 0.4) is 0 Å². The number of rotatable bonds is 9. The second-order valence-corrected chi connectivity index (χ2v) is 5.70. The fourth-order valence-corrected chi connectivity index (χ4v) is 2.65. The van der Waals surface area contributed by atoms with E-state index in [0.717, 1.165) is 22.8 Å². The Morgan fingerprint density at radius 3 is 2.15 bits per heavy atom. The molecule has 0 aliphatic heterocycles. The van der Waals surface area contributed by atoms with Crippen molar-refractivity contribution in [3.05, 3.63) is 53.6 Å². The Labute approximate surface area is 155 Å². The number of hydrogen-bond acceptors (Lipinski definition) is 4. The maximum atomic E-state index is 12.6. The number of methoxy groups -OCH3 is 1. The van der Waals surface area contributed by atoms with Gasteiger partial charge in [0.25, 0.3) is 5.91 Å². The summed E-state index contributed by atoms with van der Waals surface area (Å²) < 4.78 is 16.7. The van der Waals surface area contributed by atoms with Gasteiger partial charge in [0, 0.05) is 24.2 Å². The summed E-state index contributed by atoms with van der Waals surface area (Å²) in [7, 11) is 1.63. The van der Waals surface area contributed by atoms with E-state index in [2.05, 4.69) is 0 Å². The van der Waals surface area contributed by atoms with Crippen LogP contribution in [0, 0.1) is 0 Å². The minimum Gasteiger partial charge on any atom is -0.497 e. The highest BCUT2D eigenvalue weighted by atomic mass is 16.5. The number of amides is 1. The molecular formula is C21H27NO4. The first-order valence-electron chi connectivity index (χ1n) is 8.94. The maximum absolute atomic E-state index is 12.6. The average Bonchev–Trinajstić information content (AvgIpc) is 2.68. The van der Waals surface area contributed by atoms with Crippen LogP contribution in [0.1, 0.15) is 36.7 Å². The van der Waals surface area contributed by atoms with Crippen LogP contribution in [-0.2, 0) is 6.61 Å². The maximum Gasteiger partial charge on any atom is 0.253 e. The van der Waals surface area contributed by atoms with Crippen LogP contribution >= 0.6 is 0 Å². The number of benzene rings is 2. The summed E-state index contributed by atoms with van der Waals surface area (Å²) in [6.07, 6.45) is 0. The Balaban J connectivity index is 2.20. The van der Waals surface area contributed by atoms with Gasteiger partial charge >= 0.3 is 0 Å². The summed E-state index contributed by atoms with van der Waals surface area (Å²) in [5, 5.41) is 0. The summed E-state index contributed by atoms with van der Waals surface area (Å²) in [6.45, 7) is 8.12. The van der Waals surface area contributed by atoms with Crippen LogP contribution in [-0.4, -0.2) is 37.6 Å². The van der Waals surface area contributed by atoms with Gasteiger partial charge in [-0.2, -0.15) is 0 Å². The molecule has 0 N–H and O–H groups in total. The molecule has 2 aromatic rings. The number of ether oxygens (including phenoxy) is 3. The predicted molar refractivity (Wildman–Crippen MR) is 102 cm³/mol. The van der Waals surface area contributed by atoms with Gasteiger partial charge in [0.15, 0.2) is 0 Å². The third-order valence-corrected chi connectivity index (χ3v) is 4.11. The summed E-state index contributed by atoms with van der Waals surface area (Å²) in [5.74, 6) is 2.26. The van der Waals surface area contributed by atoms with Crippen LogP contribution in [0.4, 0.5) is 0 Å². The van der Waals surface area contributed by atoms with Crippen molar-refractivity contribution >= 4 is 5.91 Å². The lowest BCUT2D eigenvalue weighted by Crippen LogP contribution is -2.30. The Bertz CT molecular complexity index is 708. The van der Waals surface area contributed by atoms with E-state index < -0.39 is 0 Å². The van der Waals surface area contributed by atoms with Gasteiger partial charge in [-0.25, -0.2) is 0 Å². The van der Waals surface area contributed by atoms with E-state index in [1.165, 1.54) is 0 Å². The zero-order chi connectivity index (χ0) is 18.9. The molecule has 5 heteroatoms. The molecule has 0 atom stereocenters. The van der Waals surface area contributed by atoms with Crippen LogP contribution in [0.2, 0.25) is 0 Å². The van der Waals surface area contributed by atoms with Crippen molar-refractivity contribution in [1.82, 2.24) is 4.90 Å². The van der Waals surface area contributed by atoms with E-state index in [-0.39, 0.29) is 5.91 Å². The van der Waals surface area contributed by atoms with Gasteiger partial charge in [-0.05, 0) is 63.2 Å². The summed E-state index contributed by atoms with van der Waals surface area (Å²) >= 11 is 0. The lowest BCUT2D eigenvalue weighted by molar-refractivity contribution is 0.0772. The van der Waals surface area contributed by atoms with Gasteiger partial charge in [0.1, 0.15) is 23.9 Å². The third kappa shape index (κ3) is 4.91. The summed E-state index contributed by atoms with van der Waals surface area (Å²) in [5.41, 5.74) is 1.49. The lowest BCUT2D eigenvalue weighted by Gasteiger charge is -2.20. The van der Waals surface area contributed by atoms with Crippen molar-refractivity contribution < 1.29 is 19.0 Å². The molecule has 1 amide bonds. The van der Waals surface area contributed by atoms with Crippen LogP contribution in [0.25, 0.3) is 0 Å². The van der Waals surface area contributed by atoms with Crippen molar-refractivity contribution in [3.63, 3.8) is 0 Å². The first-order chi connectivity index (χ1) is 12.6. The molecule has 0 radical (unpaired) electrons. The predicted octanol–water partition coefficient (Wildman–Crippen LogP) is 4.15. The largest absolute Gasteiger partial charge is 0.497 e. The minimum absolute atomic E-state index is 0.0174. The molecule has 0 unspecified atom stereocenters. The molecule has 0 heterocycles. The monoisotopic (exact) mass is 357 g/mol. The van der Waals surface area contributed by atoms with Gasteiger partial charge in [-0.15, -0.1) is 0 Å². The lowest BCUT2D eigenvalue weighted by atomic mass is 10.1. The van der Waals surface area contributed by atoms with Crippen molar-refractivity contribution in [3.8, 4) is 17.2 Å². The van der Waals surface area contributed by atoms with Gasteiger partial charge < -0.3 is 19.1 Å². The highest BCUT2D eigenvalue weighted by molar-refractivity contribution is 5.94. The molecule has 0 spiro atoms. The zero-order valence-electron chi connectivity index (χ0n) is 16.0. The molecule has 26 heavy (non-hydrogen) atoms. The molecule has 0 bridgehead atoms. The average molecular weight is 357 g/mol. The molecule has 2 rings (SSSR count). The van der Waals surface area contributed by atoms with E-state index >= 15 is 0 Å². The van der Waals surface area contributed by atoms with E-state index in [1.807, 2.05) is 63.2 Å².